The monoisotopic (exact) mass is 241 g/mol. The summed E-state index contributed by atoms with van der Waals surface area (Å²) in [6, 6.07) is 3.65. The molecule has 0 amide bonds. The van der Waals surface area contributed by atoms with E-state index in [1.54, 1.807) is 0 Å². The van der Waals surface area contributed by atoms with Gasteiger partial charge in [-0.2, -0.15) is 0 Å². The molecule has 0 bridgehead atoms. The molecule has 1 aliphatic heterocycles. The van der Waals surface area contributed by atoms with Crippen LogP contribution in [-0.2, 0) is 6.54 Å². The molecular weight excluding hydrogens is 224 g/mol. The zero-order valence-electron chi connectivity index (χ0n) is 9.70. The largest absolute Gasteiger partial charge is 0.396 e. The van der Waals surface area contributed by atoms with Crippen LogP contribution in [0.4, 0.5) is 8.78 Å². The van der Waals surface area contributed by atoms with Crippen molar-refractivity contribution in [1.29, 1.82) is 0 Å². The summed E-state index contributed by atoms with van der Waals surface area (Å²) in [5, 5.41) is 8.86. The maximum atomic E-state index is 13.0. The normalized spacial score (nSPS) is 21.0. The summed E-state index contributed by atoms with van der Waals surface area (Å²) in [6.45, 7) is 2.63. The molecule has 1 aliphatic rings. The number of halogens is 2. The Hall–Kier alpha value is -1.00. The van der Waals surface area contributed by atoms with Gasteiger partial charge < -0.3 is 5.11 Å². The van der Waals surface area contributed by atoms with E-state index in [9.17, 15) is 8.78 Å². The van der Waals surface area contributed by atoms with Crippen LogP contribution in [0.1, 0.15) is 18.4 Å². The summed E-state index contributed by atoms with van der Waals surface area (Å²) in [5.74, 6) is -0.532. The Morgan fingerprint density at radius 3 is 2.59 bits per heavy atom. The van der Waals surface area contributed by atoms with Crippen LogP contribution in [0.3, 0.4) is 0 Å². The standard InChI is InChI=1S/C13H17F2NO/c14-12-5-11(6-13(15)7-12)9-16-3-1-10(8-16)2-4-17/h5-7,10,17H,1-4,8-9H2. The fraction of sp³-hybridized carbons (Fsp3) is 0.538. The number of benzene rings is 1. The third-order valence-corrected chi connectivity index (χ3v) is 3.24. The van der Waals surface area contributed by atoms with Crippen LogP contribution in [0, 0.1) is 17.6 Å². The molecule has 1 saturated heterocycles. The molecule has 17 heavy (non-hydrogen) atoms. The number of nitrogens with zero attached hydrogens (tertiary/aromatic N) is 1. The molecule has 1 N–H and O–H groups in total. The third-order valence-electron chi connectivity index (χ3n) is 3.24. The van der Waals surface area contributed by atoms with Crippen molar-refractivity contribution in [3.63, 3.8) is 0 Å². The van der Waals surface area contributed by atoms with Crippen molar-refractivity contribution in [3.05, 3.63) is 35.4 Å². The number of aliphatic hydroxyl groups excluding tert-OH is 1. The predicted molar refractivity (Wildman–Crippen MR) is 61.4 cm³/mol. The van der Waals surface area contributed by atoms with Crippen molar-refractivity contribution in [2.24, 2.45) is 5.92 Å². The molecule has 1 aromatic carbocycles. The van der Waals surface area contributed by atoms with Crippen molar-refractivity contribution in [3.8, 4) is 0 Å². The molecule has 1 fully saturated rings. The molecule has 2 nitrogen and oxygen atoms in total. The van der Waals surface area contributed by atoms with Crippen molar-refractivity contribution in [2.75, 3.05) is 19.7 Å². The maximum Gasteiger partial charge on any atom is 0.126 e. The van der Waals surface area contributed by atoms with Gasteiger partial charge in [0.25, 0.3) is 0 Å². The summed E-state index contributed by atoms with van der Waals surface area (Å²) in [5.41, 5.74) is 0.673. The first kappa shape index (κ1) is 12.5. The number of rotatable bonds is 4. The average Bonchev–Trinajstić information content (AvgIpc) is 2.64. The molecule has 2 rings (SSSR count). The van der Waals surface area contributed by atoms with Crippen molar-refractivity contribution < 1.29 is 13.9 Å². The Balaban J connectivity index is 1.93. The molecule has 0 aliphatic carbocycles. The van der Waals surface area contributed by atoms with Gasteiger partial charge >= 0.3 is 0 Å². The van der Waals surface area contributed by atoms with Gasteiger partial charge in [0.2, 0.25) is 0 Å². The van der Waals surface area contributed by atoms with E-state index >= 15 is 0 Å². The van der Waals surface area contributed by atoms with E-state index in [0.717, 1.165) is 32.0 Å². The smallest absolute Gasteiger partial charge is 0.126 e. The van der Waals surface area contributed by atoms with E-state index < -0.39 is 11.6 Å². The number of hydrogen-bond donors (Lipinski definition) is 1. The van der Waals surface area contributed by atoms with Gasteiger partial charge in [0.1, 0.15) is 11.6 Å². The van der Waals surface area contributed by atoms with Crippen molar-refractivity contribution >= 4 is 0 Å². The Labute approximate surface area is 99.9 Å². The summed E-state index contributed by atoms with van der Waals surface area (Å²) in [4.78, 5) is 2.18. The molecule has 94 valence electrons. The molecule has 0 aromatic heterocycles. The Bertz CT molecular complexity index is 363. The molecule has 4 heteroatoms. The van der Waals surface area contributed by atoms with E-state index in [1.165, 1.54) is 12.1 Å². The number of likely N-dealkylation sites (tertiary alicyclic amines) is 1. The second-order valence-corrected chi connectivity index (χ2v) is 4.68. The maximum absolute atomic E-state index is 13.0. The van der Waals surface area contributed by atoms with E-state index in [0.29, 0.717) is 18.0 Å². The van der Waals surface area contributed by atoms with Gasteiger partial charge in [-0.3, -0.25) is 4.90 Å². The van der Waals surface area contributed by atoms with Gasteiger partial charge in [-0.25, -0.2) is 8.78 Å². The van der Waals surface area contributed by atoms with E-state index in [-0.39, 0.29) is 6.61 Å². The predicted octanol–water partition coefficient (Wildman–Crippen LogP) is 2.17. The van der Waals surface area contributed by atoms with Gasteiger partial charge in [0.15, 0.2) is 0 Å². The molecule has 1 unspecified atom stereocenters. The van der Waals surface area contributed by atoms with Crippen LogP contribution in [0.2, 0.25) is 0 Å². The fourth-order valence-electron chi connectivity index (χ4n) is 2.44. The molecule has 1 atom stereocenters. The average molecular weight is 241 g/mol. The summed E-state index contributed by atoms with van der Waals surface area (Å²) in [7, 11) is 0. The Morgan fingerprint density at radius 1 is 1.24 bits per heavy atom. The van der Waals surface area contributed by atoms with Gasteiger partial charge in [0, 0.05) is 25.8 Å². The second kappa shape index (κ2) is 5.56. The Morgan fingerprint density at radius 2 is 1.94 bits per heavy atom. The minimum Gasteiger partial charge on any atom is -0.396 e. The zero-order valence-corrected chi connectivity index (χ0v) is 9.70. The first-order valence-electron chi connectivity index (χ1n) is 5.95. The summed E-state index contributed by atoms with van der Waals surface area (Å²) < 4.78 is 26.0. The van der Waals surface area contributed by atoms with Crippen LogP contribution in [-0.4, -0.2) is 29.7 Å². The fourth-order valence-corrected chi connectivity index (χ4v) is 2.44. The van der Waals surface area contributed by atoms with Crippen LogP contribution < -0.4 is 0 Å². The van der Waals surface area contributed by atoms with Gasteiger partial charge in [-0.15, -0.1) is 0 Å². The quantitative estimate of drug-likeness (QED) is 0.873. The van der Waals surface area contributed by atoms with Gasteiger partial charge in [0.05, 0.1) is 0 Å². The molecule has 1 heterocycles. The lowest BCUT2D eigenvalue weighted by molar-refractivity contribution is 0.249. The second-order valence-electron chi connectivity index (χ2n) is 4.68. The van der Waals surface area contributed by atoms with Crippen molar-refractivity contribution in [1.82, 2.24) is 4.90 Å². The highest BCUT2D eigenvalue weighted by Crippen LogP contribution is 2.21. The first-order valence-corrected chi connectivity index (χ1v) is 5.95. The van der Waals surface area contributed by atoms with E-state index in [1.807, 2.05) is 0 Å². The first-order chi connectivity index (χ1) is 8.17. The Kier molecular flexibility index (Phi) is 4.07. The minimum absolute atomic E-state index is 0.215. The number of aliphatic hydroxyl groups is 1. The zero-order chi connectivity index (χ0) is 12.3. The lowest BCUT2D eigenvalue weighted by atomic mass is 10.1. The van der Waals surface area contributed by atoms with Crippen LogP contribution in [0.25, 0.3) is 0 Å². The summed E-state index contributed by atoms with van der Waals surface area (Å²) in [6.07, 6.45) is 1.87. The molecule has 1 aromatic rings. The van der Waals surface area contributed by atoms with Crippen LogP contribution >= 0.6 is 0 Å². The summed E-state index contributed by atoms with van der Waals surface area (Å²) >= 11 is 0. The topological polar surface area (TPSA) is 23.5 Å². The van der Waals surface area contributed by atoms with Crippen molar-refractivity contribution in [2.45, 2.75) is 19.4 Å². The van der Waals surface area contributed by atoms with E-state index in [2.05, 4.69) is 4.90 Å². The molecular formula is C13H17F2NO. The van der Waals surface area contributed by atoms with Gasteiger partial charge in [-0.05, 0) is 43.0 Å². The van der Waals surface area contributed by atoms with Crippen LogP contribution in [0.5, 0.6) is 0 Å². The molecule has 0 saturated carbocycles. The molecule has 0 spiro atoms. The molecule has 0 radical (unpaired) electrons. The van der Waals surface area contributed by atoms with E-state index in [4.69, 9.17) is 5.11 Å². The highest BCUT2D eigenvalue weighted by molar-refractivity contribution is 5.17. The van der Waals surface area contributed by atoms with Gasteiger partial charge in [-0.1, -0.05) is 0 Å². The number of hydrogen-bond acceptors (Lipinski definition) is 2. The minimum atomic E-state index is -0.522. The highest BCUT2D eigenvalue weighted by atomic mass is 19.1. The lowest BCUT2D eigenvalue weighted by Gasteiger charge is -2.16. The SMILES string of the molecule is OCCC1CCN(Cc2cc(F)cc(F)c2)C1. The lowest BCUT2D eigenvalue weighted by Crippen LogP contribution is -2.20. The highest BCUT2D eigenvalue weighted by Gasteiger charge is 2.21. The van der Waals surface area contributed by atoms with Crippen LogP contribution in [0.15, 0.2) is 18.2 Å². The third kappa shape index (κ3) is 3.48.